The first-order valence-corrected chi connectivity index (χ1v) is 11.2. The number of oxime groups is 1. The number of rotatable bonds is 8. The SMILES string of the molecule is C[C@H]1[C@H](NC(=O)C(=NOCc2ccc(C(=N)N)cc2)c2csc(N)n2)C(=O)N1S(=O)(=O)O. The van der Waals surface area contributed by atoms with Gasteiger partial charge in [0.25, 0.3) is 11.8 Å². The average molecular weight is 482 g/mol. The number of hydrogen-bond donors (Lipinski definition) is 5. The van der Waals surface area contributed by atoms with Gasteiger partial charge in [0.1, 0.15) is 24.2 Å². The standard InChI is InChI=1S/C17H19N7O6S2/c1-8-12(16(26)24(8)32(27,28)29)22-15(25)13(11-7-31-17(20)21-11)23-30-6-9-2-4-10(5-3-9)14(18)19/h2-5,7-8,12H,6H2,1H3,(H3,18,19)(H2,20,21)(H,22,25)(H,27,28,29)/t8-,12-/m0/s1. The third-order valence-electron chi connectivity index (χ3n) is 4.50. The molecule has 1 fully saturated rings. The number of nitrogens with zero attached hydrogens (tertiary/aromatic N) is 3. The molecule has 1 aromatic carbocycles. The summed E-state index contributed by atoms with van der Waals surface area (Å²) in [6.07, 6.45) is 0. The Morgan fingerprint density at radius 2 is 2.06 bits per heavy atom. The maximum absolute atomic E-state index is 12.7. The monoisotopic (exact) mass is 481 g/mol. The van der Waals surface area contributed by atoms with Gasteiger partial charge < -0.3 is 21.6 Å². The second-order valence-corrected chi connectivity index (χ2v) is 8.88. The van der Waals surface area contributed by atoms with E-state index in [1.807, 2.05) is 0 Å². The number of amides is 2. The number of nitrogen functional groups attached to an aromatic ring is 2. The summed E-state index contributed by atoms with van der Waals surface area (Å²) < 4.78 is 31.8. The number of hydrogen-bond acceptors (Lipinski definition) is 10. The van der Waals surface area contributed by atoms with E-state index in [2.05, 4.69) is 15.5 Å². The quantitative estimate of drug-likeness (QED) is 0.107. The van der Waals surface area contributed by atoms with Crippen LogP contribution < -0.4 is 16.8 Å². The van der Waals surface area contributed by atoms with E-state index < -0.39 is 34.2 Å². The average Bonchev–Trinajstić information content (AvgIpc) is 3.14. The second-order valence-electron chi connectivity index (χ2n) is 6.70. The topological polar surface area (TPSA) is 214 Å². The summed E-state index contributed by atoms with van der Waals surface area (Å²) in [5.41, 5.74) is 12.1. The van der Waals surface area contributed by atoms with Crippen molar-refractivity contribution in [3.05, 3.63) is 46.5 Å². The van der Waals surface area contributed by atoms with Crippen molar-refractivity contribution < 1.29 is 27.4 Å². The lowest BCUT2D eigenvalue weighted by molar-refractivity contribution is -0.143. The molecule has 1 saturated heterocycles. The van der Waals surface area contributed by atoms with E-state index >= 15 is 0 Å². The number of amidine groups is 1. The molecule has 0 radical (unpaired) electrons. The van der Waals surface area contributed by atoms with Gasteiger partial charge in [-0.3, -0.25) is 19.6 Å². The zero-order chi connectivity index (χ0) is 23.6. The Labute approximate surface area is 186 Å². The molecule has 32 heavy (non-hydrogen) atoms. The van der Waals surface area contributed by atoms with Gasteiger partial charge in [-0.1, -0.05) is 29.4 Å². The molecule has 15 heteroatoms. The van der Waals surface area contributed by atoms with Gasteiger partial charge in [0.2, 0.25) is 0 Å². The molecule has 1 aliphatic rings. The summed E-state index contributed by atoms with van der Waals surface area (Å²) in [5.74, 6) is -1.91. The first-order valence-electron chi connectivity index (χ1n) is 8.95. The number of carbonyl (C=O) groups is 2. The largest absolute Gasteiger partial charge is 0.390 e. The highest BCUT2D eigenvalue weighted by Crippen LogP contribution is 2.23. The molecular formula is C17H19N7O6S2. The fraction of sp³-hybridized carbons (Fsp3) is 0.235. The van der Waals surface area contributed by atoms with E-state index in [4.69, 9.17) is 26.3 Å². The van der Waals surface area contributed by atoms with Crippen LogP contribution in [0.3, 0.4) is 0 Å². The summed E-state index contributed by atoms with van der Waals surface area (Å²) in [4.78, 5) is 34.0. The molecule has 1 aliphatic heterocycles. The highest BCUT2D eigenvalue weighted by atomic mass is 32.2. The minimum absolute atomic E-state index is 0.0239. The lowest BCUT2D eigenvalue weighted by atomic mass is 10.0. The molecule has 0 unspecified atom stereocenters. The Balaban J connectivity index is 1.74. The van der Waals surface area contributed by atoms with Crippen molar-refractivity contribution in [3.63, 3.8) is 0 Å². The predicted molar refractivity (Wildman–Crippen MR) is 115 cm³/mol. The van der Waals surface area contributed by atoms with Crippen LogP contribution in [0, 0.1) is 5.41 Å². The molecule has 0 saturated carbocycles. The van der Waals surface area contributed by atoms with Crippen LogP contribution in [0.2, 0.25) is 0 Å². The minimum Gasteiger partial charge on any atom is -0.390 e. The van der Waals surface area contributed by atoms with Gasteiger partial charge in [0.15, 0.2) is 10.8 Å². The van der Waals surface area contributed by atoms with Gasteiger partial charge >= 0.3 is 10.3 Å². The molecule has 2 amide bonds. The number of carbonyl (C=O) groups excluding carboxylic acids is 2. The molecule has 2 atom stereocenters. The fourth-order valence-electron chi connectivity index (χ4n) is 2.87. The minimum atomic E-state index is -4.73. The molecule has 13 nitrogen and oxygen atoms in total. The van der Waals surface area contributed by atoms with Crippen LogP contribution in [0.5, 0.6) is 0 Å². The van der Waals surface area contributed by atoms with Crippen molar-refractivity contribution in [2.45, 2.75) is 25.6 Å². The highest BCUT2D eigenvalue weighted by Gasteiger charge is 2.51. The van der Waals surface area contributed by atoms with Crippen molar-refractivity contribution in [2.75, 3.05) is 5.73 Å². The smallest absolute Gasteiger partial charge is 0.362 e. The molecule has 3 rings (SSSR count). The van der Waals surface area contributed by atoms with Crippen LogP contribution in [0.25, 0.3) is 0 Å². The van der Waals surface area contributed by atoms with Crippen LogP contribution in [-0.2, 0) is 31.3 Å². The Kier molecular flexibility index (Phi) is 6.42. The van der Waals surface area contributed by atoms with Crippen LogP contribution >= 0.6 is 11.3 Å². The van der Waals surface area contributed by atoms with Gasteiger partial charge in [0, 0.05) is 10.9 Å². The highest BCUT2D eigenvalue weighted by molar-refractivity contribution is 7.84. The van der Waals surface area contributed by atoms with Crippen LogP contribution in [-0.4, -0.2) is 57.7 Å². The summed E-state index contributed by atoms with van der Waals surface area (Å²) in [6, 6.07) is 4.42. The van der Waals surface area contributed by atoms with Crippen molar-refractivity contribution in [1.82, 2.24) is 14.6 Å². The van der Waals surface area contributed by atoms with E-state index in [9.17, 15) is 18.0 Å². The molecule has 0 aliphatic carbocycles. The molecule has 170 valence electrons. The van der Waals surface area contributed by atoms with Gasteiger partial charge in [-0.05, 0) is 12.5 Å². The third-order valence-corrected chi connectivity index (χ3v) is 6.19. The normalized spacial score (nSPS) is 18.8. The lowest BCUT2D eigenvalue weighted by Crippen LogP contribution is -2.71. The Morgan fingerprint density at radius 3 is 2.56 bits per heavy atom. The number of nitrogens with two attached hydrogens (primary N) is 2. The zero-order valence-corrected chi connectivity index (χ0v) is 18.2. The van der Waals surface area contributed by atoms with E-state index in [0.717, 1.165) is 11.3 Å². The number of thiazole rings is 1. The molecule has 1 aromatic heterocycles. The lowest BCUT2D eigenvalue weighted by Gasteiger charge is -2.42. The maximum Gasteiger partial charge on any atom is 0.362 e. The Hall–Kier alpha value is -3.56. The van der Waals surface area contributed by atoms with Crippen molar-refractivity contribution >= 4 is 50.1 Å². The molecule has 0 spiro atoms. The van der Waals surface area contributed by atoms with Crippen LogP contribution in [0.4, 0.5) is 5.13 Å². The number of β-lactam (4-membered cyclic amide) rings is 1. The second kappa shape index (κ2) is 8.89. The van der Waals surface area contributed by atoms with Crippen molar-refractivity contribution in [1.29, 1.82) is 5.41 Å². The van der Waals surface area contributed by atoms with E-state index in [1.54, 1.807) is 24.3 Å². The predicted octanol–water partition coefficient (Wildman–Crippen LogP) is -0.551. The molecule has 7 N–H and O–H groups in total. The summed E-state index contributed by atoms with van der Waals surface area (Å²) >= 11 is 1.06. The first-order chi connectivity index (χ1) is 15.0. The summed E-state index contributed by atoms with van der Waals surface area (Å²) in [5, 5.41) is 15.2. The maximum atomic E-state index is 12.7. The summed E-state index contributed by atoms with van der Waals surface area (Å²) in [6.45, 7) is 1.32. The Bertz CT molecular complexity index is 1190. The van der Waals surface area contributed by atoms with Crippen molar-refractivity contribution in [2.24, 2.45) is 10.9 Å². The van der Waals surface area contributed by atoms with Gasteiger partial charge in [-0.25, -0.2) is 9.29 Å². The van der Waals surface area contributed by atoms with Gasteiger partial charge in [0.05, 0.1) is 6.04 Å². The molecular weight excluding hydrogens is 462 g/mol. The summed E-state index contributed by atoms with van der Waals surface area (Å²) in [7, 11) is -4.73. The van der Waals surface area contributed by atoms with Crippen molar-refractivity contribution in [3.8, 4) is 0 Å². The Morgan fingerprint density at radius 1 is 1.41 bits per heavy atom. The number of benzene rings is 1. The molecule has 2 aromatic rings. The van der Waals surface area contributed by atoms with Crippen LogP contribution in [0.1, 0.15) is 23.7 Å². The zero-order valence-electron chi connectivity index (χ0n) is 16.5. The molecule has 0 bridgehead atoms. The van der Waals surface area contributed by atoms with Gasteiger partial charge in [-0.15, -0.1) is 11.3 Å². The molecule has 2 heterocycles. The number of aromatic nitrogens is 1. The van der Waals surface area contributed by atoms with E-state index in [1.165, 1.54) is 12.3 Å². The fourth-order valence-corrected chi connectivity index (χ4v) is 4.30. The van der Waals surface area contributed by atoms with Gasteiger partial charge in [-0.2, -0.15) is 8.42 Å². The van der Waals surface area contributed by atoms with E-state index in [-0.39, 0.29) is 33.3 Å². The number of nitrogens with one attached hydrogen (secondary N) is 2. The van der Waals surface area contributed by atoms with E-state index in [0.29, 0.717) is 11.1 Å². The first kappa shape index (κ1) is 23.1. The third kappa shape index (κ3) is 4.84. The number of anilines is 1. The van der Waals surface area contributed by atoms with Crippen LogP contribution in [0.15, 0.2) is 34.8 Å².